The minimum absolute atomic E-state index is 0.146. The van der Waals surface area contributed by atoms with Crippen molar-refractivity contribution in [2.45, 2.75) is 18.4 Å². The minimum atomic E-state index is -1.35. The molecule has 3 nitrogen and oxygen atoms in total. The van der Waals surface area contributed by atoms with Crippen molar-refractivity contribution in [2.75, 3.05) is 0 Å². The van der Waals surface area contributed by atoms with E-state index in [0.29, 0.717) is 5.56 Å². The summed E-state index contributed by atoms with van der Waals surface area (Å²) in [6, 6.07) is 20.5. The van der Waals surface area contributed by atoms with E-state index in [0.717, 1.165) is 5.56 Å². The summed E-state index contributed by atoms with van der Waals surface area (Å²) >= 11 is 0. The van der Waals surface area contributed by atoms with Crippen molar-refractivity contribution >= 4 is 5.97 Å². The van der Waals surface area contributed by atoms with E-state index in [1.54, 1.807) is 30.3 Å². The molecule has 1 atom stereocenters. The number of carbonyl (C=O) groups is 1. The number of esters is 1. The smallest absolute Gasteiger partial charge is 0.331 e. The van der Waals surface area contributed by atoms with Crippen molar-refractivity contribution in [2.24, 2.45) is 0 Å². The molecule has 0 unspecified atom stereocenters. The van der Waals surface area contributed by atoms with Gasteiger partial charge in [-0.05, 0) is 17.5 Å². The number of ether oxygens (including phenoxy) is 1. The summed E-state index contributed by atoms with van der Waals surface area (Å²) in [5.41, 5.74) is 0.155. The van der Waals surface area contributed by atoms with Crippen LogP contribution in [-0.2, 0) is 21.6 Å². The highest BCUT2D eigenvalue weighted by Crippen LogP contribution is 2.30. The molecule has 0 saturated heterocycles. The molecule has 0 saturated carbocycles. The van der Waals surface area contributed by atoms with Crippen LogP contribution in [-0.4, -0.2) is 5.97 Å². The van der Waals surface area contributed by atoms with E-state index in [9.17, 15) is 10.1 Å². The first-order chi connectivity index (χ1) is 10.7. The van der Waals surface area contributed by atoms with Gasteiger partial charge < -0.3 is 4.74 Å². The van der Waals surface area contributed by atoms with Gasteiger partial charge in [-0.15, -0.1) is 6.58 Å². The van der Waals surface area contributed by atoms with Crippen molar-refractivity contribution in [1.29, 1.82) is 5.26 Å². The van der Waals surface area contributed by atoms with Crippen LogP contribution < -0.4 is 0 Å². The van der Waals surface area contributed by atoms with Gasteiger partial charge in [-0.1, -0.05) is 66.7 Å². The fraction of sp³-hybridized carbons (Fsp3) is 0.158. The predicted octanol–water partition coefficient (Wildman–Crippen LogP) is 3.77. The van der Waals surface area contributed by atoms with Gasteiger partial charge in [-0.2, -0.15) is 5.26 Å². The SMILES string of the molecule is C=CC[C@@](C#N)(C(=O)OCc1ccccc1)c1ccccc1. The molecule has 22 heavy (non-hydrogen) atoms. The van der Waals surface area contributed by atoms with Crippen LogP contribution in [0.15, 0.2) is 73.3 Å². The first-order valence-electron chi connectivity index (χ1n) is 7.02. The van der Waals surface area contributed by atoms with Gasteiger partial charge in [0.15, 0.2) is 5.41 Å². The lowest BCUT2D eigenvalue weighted by atomic mass is 9.79. The summed E-state index contributed by atoms with van der Waals surface area (Å²) in [5.74, 6) is -0.551. The van der Waals surface area contributed by atoms with Crippen LogP contribution in [0.4, 0.5) is 0 Å². The molecule has 0 bridgehead atoms. The summed E-state index contributed by atoms with van der Waals surface area (Å²) in [4.78, 5) is 12.6. The van der Waals surface area contributed by atoms with Gasteiger partial charge in [0, 0.05) is 0 Å². The molecule has 0 spiro atoms. The summed E-state index contributed by atoms with van der Waals surface area (Å²) in [6.07, 6.45) is 1.78. The second kappa shape index (κ2) is 7.24. The van der Waals surface area contributed by atoms with Gasteiger partial charge in [0.25, 0.3) is 0 Å². The number of rotatable bonds is 6. The molecule has 0 aliphatic carbocycles. The van der Waals surface area contributed by atoms with E-state index in [4.69, 9.17) is 4.74 Å². The van der Waals surface area contributed by atoms with E-state index < -0.39 is 11.4 Å². The monoisotopic (exact) mass is 291 g/mol. The molecular weight excluding hydrogens is 274 g/mol. The molecule has 0 heterocycles. The van der Waals surface area contributed by atoms with Gasteiger partial charge in [0.1, 0.15) is 6.61 Å². The third-order valence-electron chi connectivity index (χ3n) is 3.47. The Morgan fingerprint density at radius 3 is 2.27 bits per heavy atom. The van der Waals surface area contributed by atoms with Gasteiger partial charge in [-0.3, -0.25) is 0 Å². The third-order valence-corrected chi connectivity index (χ3v) is 3.47. The predicted molar refractivity (Wildman–Crippen MR) is 84.8 cm³/mol. The Morgan fingerprint density at radius 2 is 1.73 bits per heavy atom. The number of hydrogen-bond donors (Lipinski definition) is 0. The average Bonchev–Trinajstić information content (AvgIpc) is 2.59. The van der Waals surface area contributed by atoms with Crippen molar-refractivity contribution in [3.05, 3.63) is 84.4 Å². The Hall–Kier alpha value is -2.86. The zero-order valence-electron chi connectivity index (χ0n) is 12.2. The summed E-state index contributed by atoms with van der Waals surface area (Å²) in [6.45, 7) is 3.81. The molecule has 110 valence electrons. The van der Waals surface area contributed by atoms with Crippen molar-refractivity contribution in [3.63, 3.8) is 0 Å². The number of hydrogen-bond acceptors (Lipinski definition) is 3. The second-order valence-corrected chi connectivity index (χ2v) is 4.94. The molecule has 0 fully saturated rings. The van der Waals surface area contributed by atoms with Crippen molar-refractivity contribution in [3.8, 4) is 6.07 Å². The lowest BCUT2D eigenvalue weighted by molar-refractivity contribution is -0.149. The number of nitrogens with zero attached hydrogens (tertiary/aromatic N) is 1. The summed E-state index contributed by atoms with van der Waals surface area (Å²) in [7, 11) is 0. The van der Waals surface area contributed by atoms with Crippen LogP contribution in [0, 0.1) is 11.3 Å². The number of nitriles is 1. The Bertz CT molecular complexity index is 674. The van der Waals surface area contributed by atoms with Crippen LogP contribution in [0.5, 0.6) is 0 Å². The fourth-order valence-corrected chi connectivity index (χ4v) is 2.26. The topological polar surface area (TPSA) is 50.1 Å². The zero-order valence-corrected chi connectivity index (χ0v) is 12.2. The first kappa shape index (κ1) is 15.5. The van der Waals surface area contributed by atoms with E-state index in [-0.39, 0.29) is 13.0 Å². The van der Waals surface area contributed by atoms with Crippen molar-refractivity contribution in [1.82, 2.24) is 0 Å². The summed E-state index contributed by atoms with van der Waals surface area (Å²) in [5, 5.41) is 9.63. The zero-order chi connectivity index (χ0) is 15.8. The lowest BCUT2D eigenvalue weighted by Gasteiger charge is -2.23. The molecule has 0 aliphatic heterocycles. The number of carbonyl (C=O) groups excluding carboxylic acids is 1. The van der Waals surface area contributed by atoms with E-state index in [1.807, 2.05) is 36.4 Å². The van der Waals surface area contributed by atoms with Crippen LogP contribution in [0.3, 0.4) is 0 Å². The van der Waals surface area contributed by atoms with Crippen LogP contribution >= 0.6 is 0 Å². The third kappa shape index (κ3) is 3.24. The largest absolute Gasteiger partial charge is 0.459 e. The molecular formula is C19H17NO2. The quantitative estimate of drug-likeness (QED) is 0.601. The summed E-state index contributed by atoms with van der Waals surface area (Å²) < 4.78 is 5.38. The van der Waals surface area contributed by atoms with Crippen LogP contribution in [0.1, 0.15) is 17.5 Å². The van der Waals surface area contributed by atoms with Gasteiger partial charge >= 0.3 is 5.97 Å². The van der Waals surface area contributed by atoms with E-state index >= 15 is 0 Å². The molecule has 2 aromatic rings. The molecule has 2 rings (SSSR count). The molecule has 0 radical (unpaired) electrons. The number of allylic oxidation sites excluding steroid dienone is 1. The maximum atomic E-state index is 12.6. The maximum absolute atomic E-state index is 12.6. The molecule has 0 N–H and O–H groups in total. The van der Waals surface area contributed by atoms with Gasteiger partial charge in [-0.25, -0.2) is 4.79 Å². The first-order valence-corrected chi connectivity index (χ1v) is 7.02. The van der Waals surface area contributed by atoms with E-state index in [1.165, 1.54) is 0 Å². The highest BCUT2D eigenvalue weighted by molar-refractivity contribution is 5.87. The normalized spacial score (nSPS) is 12.7. The van der Waals surface area contributed by atoms with Crippen LogP contribution in [0.2, 0.25) is 0 Å². The molecule has 2 aromatic carbocycles. The van der Waals surface area contributed by atoms with E-state index in [2.05, 4.69) is 12.6 Å². The number of benzene rings is 2. The molecule has 0 amide bonds. The minimum Gasteiger partial charge on any atom is -0.459 e. The highest BCUT2D eigenvalue weighted by Gasteiger charge is 2.41. The van der Waals surface area contributed by atoms with Crippen LogP contribution in [0.25, 0.3) is 0 Å². The van der Waals surface area contributed by atoms with Gasteiger partial charge in [0.05, 0.1) is 6.07 Å². The molecule has 0 aliphatic rings. The highest BCUT2D eigenvalue weighted by atomic mass is 16.5. The molecule has 3 heteroatoms. The maximum Gasteiger partial charge on any atom is 0.331 e. The second-order valence-electron chi connectivity index (χ2n) is 4.94. The average molecular weight is 291 g/mol. The Kier molecular flexibility index (Phi) is 5.11. The standard InChI is InChI=1S/C19H17NO2/c1-2-13-19(15-20,17-11-7-4-8-12-17)18(21)22-14-16-9-5-3-6-10-16/h2-12H,1,13-14H2/t19-/m0/s1. The Labute approximate surface area is 130 Å². The molecule has 0 aromatic heterocycles. The Balaban J connectivity index is 2.24. The lowest BCUT2D eigenvalue weighted by Crippen LogP contribution is -2.35. The Morgan fingerprint density at radius 1 is 1.14 bits per heavy atom. The van der Waals surface area contributed by atoms with Gasteiger partial charge in [0.2, 0.25) is 0 Å². The fourth-order valence-electron chi connectivity index (χ4n) is 2.26. The van der Waals surface area contributed by atoms with Crippen molar-refractivity contribution < 1.29 is 9.53 Å².